The Bertz CT molecular complexity index is 2340. The first-order valence-electron chi connectivity index (χ1n) is 15.9. The fraction of sp³-hybridized carbons (Fsp3) is 0.179. The third-order valence-corrected chi connectivity index (χ3v) is 9.31. The number of carboxylic acids is 1. The van der Waals surface area contributed by atoms with Gasteiger partial charge in [-0.15, -0.1) is 11.3 Å². The van der Waals surface area contributed by atoms with E-state index < -0.39 is 23.8 Å². The highest BCUT2D eigenvalue weighted by Gasteiger charge is 2.21. The number of hydrogen-bond acceptors (Lipinski definition) is 12. The topological polar surface area (TPSA) is 177 Å². The first kappa shape index (κ1) is 38.5. The van der Waals surface area contributed by atoms with Crippen LogP contribution in [0.25, 0.3) is 32.3 Å². The molecule has 0 radical (unpaired) electrons. The SMILES string of the molecule is COC(=O)c1cc2c(cc1NC(=O)C=Cc1ccc(OC)c(OC)c1OC)sc1cc(NC(=O)C=Cc3ccc(OC)c(OC)c3OC)c(C(=O)O)cc12. The maximum Gasteiger partial charge on any atom is 0.339 e. The molecule has 0 saturated heterocycles. The number of nitrogens with one attached hydrogen (secondary N) is 2. The number of rotatable bonds is 14. The molecule has 0 saturated carbocycles. The van der Waals surface area contributed by atoms with Crippen LogP contribution in [-0.4, -0.2) is 78.6 Å². The zero-order valence-corrected chi connectivity index (χ0v) is 31.1. The molecule has 280 valence electrons. The maximum atomic E-state index is 13.2. The molecule has 0 aliphatic carbocycles. The number of esters is 1. The molecule has 3 N–H and O–H groups in total. The lowest BCUT2D eigenvalue weighted by atomic mass is 10.0. The number of benzene rings is 4. The minimum Gasteiger partial charge on any atom is -0.493 e. The summed E-state index contributed by atoms with van der Waals surface area (Å²) in [5, 5.41) is 16.6. The zero-order chi connectivity index (χ0) is 39.1. The molecular weight excluding hydrogens is 720 g/mol. The van der Waals surface area contributed by atoms with Crippen LogP contribution in [0, 0.1) is 0 Å². The maximum absolute atomic E-state index is 13.2. The van der Waals surface area contributed by atoms with E-state index in [1.807, 2.05) is 0 Å². The normalized spacial score (nSPS) is 11.1. The second-order valence-electron chi connectivity index (χ2n) is 11.2. The van der Waals surface area contributed by atoms with Crippen LogP contribution >= 0.6 is 11.3 Å². The van der Waals surface area contributed by atoms with Crippen LogP contribution in [0.5, 0.6) is 34.5 Å². The molecule has 5 aromatic rings. The minimum absolute atomic E-state index is 0.0418. The molecule has 0 fully saturated rings. The summed E-state index contributed by atoms with van der Waals surface area (Å²) in [6.07, 6.45) is 5.52. The van der Waals surface area contributed by atoms with Crippen LogP contribution < -0.4 is 39.1 Å². The van der Waals surface area contributed by atoms with Crippen molar-refractivity contribution in [2.75, 3.05) is 60.4 Å². The minimum atomic E-state index is -1.29. The number of hydrogen-bond donors (Lipinski definition) is 3. The van der Waals surface area contributed by atoms with Crippen molar-refractivity contribution in [1.82, 2.24) is 0 Å². The zero-order valence-electron chi connectivity index (χ0n) is 30.3. The Labute approximate surface area is 313 Å². The van der Waals surface area contributed by atoms with Gasteiger partial charge in [-0.3, -0.25) is 9.59 Å². The van der Waals surface area contributed by atoms with Crippen LogP contribution in [0.4, 0.5) is 11.4 Å². The molecule has 0 spiro atoms. The van der Waals surface area contributed by atoms with Crippen LogP contribution in [0.15, 0.2) is 60.7 Å². The van der Waals surface area contributed by atoms with Gasteiger partial charge in [0.1, 0.15) is 0 Å². The molecule has 1 aromatic heterocycles. The van der Waals surface area contributed by atoms with Crippen molar-refractivity contribution in [3.63, 3.8) is 0 Å². The van der Waals surface area contributed by atoms with E-state index in [2.05, 4.69) is 10.6 Å². The number of fused-ring (bicyclic) bond motifs is 3. The first-order valence-corrected chi connectivity index (χ1v) is 16.8. The largest absolute Gasteiger partial charge is 0.493 e. The molecule has 0 bridgehead atoms. The van der Waals surface area contributed by atoms with Crippen LogP contribution in [-0.2, 0) is 14.3 Å². The summed E-state index contributed by atoms with van der Waals surface area (Å²) >= 11 is 1.27. The van der Waals surface area contributed by atoms with Gasteiger partial charge >= 0.3 is 11.9 Å². The van der Waals surface area contributed by atoms with E-state index in [0.717, 1.165) is 0 Å². The molecular formula is C39H36N2O12S. The molecule has 0 aliphatic heterocycles. The summed E-state index contributed by atoms with van der Waals surface area (Å²) in [5.74, 6) is -0.893. The molecule has 2 amide bonds. The van der Waals surface area contributed by atoms with Crippen molar-refractivity contribution in [1.29, 1.82) is 0 Å². The summed E-state index contributed by atoms with van der Waals surface area (Å²) in [5.41, 5.74) is 1.13. The fourth-order valence-corrected chi connectivity index (χ4v) is 6.87. The van der Waals surface area contributed by atoms with E-state index in [4.69, 9.17) is 33.2 Å². The van der Waals surface area contributed by atoms with Gasteiger partial charge in [-0.05, 0) is 60.7 Å². The van der Waals surface area contributed by atoms with Crippen LogP contribution in [0.2, 0.25) is 0 Å². The number of anilines is 2. The van der Waals surface area contributed by atoms with Gasteiger partial charge < -0.3 is 48.9 Å². The number of thiophene rings is 1. The predicted octanol–water partition coefficient (Wildman–Crippen LogP) is 6.89. The number of methoxy groups -OCH3 is 7. The quantitative estimate of drug-likeness (QED) is 0.0791. The molecule has 4 aromatic carbocycles. The Kier molecular flexibility index (Phi) is 11.9. The van der Waals surface area contributed by atoms with Gasteiger partial charge in [-0.1, -0.05) is 0 Å². The first-order chi connectivity index (χ1) is 26.0. The molecule has 15 heteroatoms. The van der Waals surface area contributed by atoms with Crippen molar-refractivity contribution >= 4 is 78.8 Å². The molecule has 14 nitrogen and oxygen atoms in total. The van der Waals surface area contributed by atoms with Gasteiger partial charge in [0.15, 0.2) is 23.0 Å². The van der Waals surface area contributed by atoms with Gasteiger partial charge in [-0.2, -0.15) is 0 Å². The fourth-order valence-electron chi connectivity index (χ4n) is 5.72. The van der Waals surface area contributed by atoms with Crippen molar-refractivity contribution in [2.24, 2.45) is 0 Å². The third kappa shape index (κ3) is 7.71. The van der Waals surface area contributed by atoms with Crippen molar-refractivity contribution in [3.05, 3.63) is 82.9 Å². The highest BCUT2D eigenvalue weighted by molar-refractivity contribution is 7.25. The van der Waals surface area contributed by atoms with E-state index in [-0.39, 0.29) is 22.5 Å². The lowest BCUT2D eigenvalue weighted by molar-refractivity contribution is -0.112. The van der Waals surface area contributed by atoms with Crippen LogP contribution in [0.3, 0.4) is 0 Å². The molecule has 0 aliphatic rings. The second-order valence-corrected chi connectivity index (χ2v) is 12.3. The standard InChI is InChI=1S/C39H36N2O12S/c1-47-28-12-8-20(34(49-3)36(28)51-5)10-14-32(42)40-26-18-30-22(16-24(26)38(44)45)23-17-25(39(46)53-7)27(19-31(23)54-30)41-33(43)15-11-21-9-13-29(48-2)37(52-6)35(21)50-4/h8-19H,1-7H3,(H,40,42)(H,41,43)(H,44,45). The molecule has 54 heavy (non-hydrogen) atoms. The number of carbonyl (C=O) groups is 4. The molecule has 0 atom stereocenters. The highest BCUT2D eigenvalue weighted by atomic mass is 32.1. The number of aromatic carboxylic acids is 1. The van der Waals surface area contributed by atoms with E-state index in [1.54, 1.807) is 36.4 Å². The van der Waals surface area contributed by atoms with Crippen molar-refractivity contribution in [2.45, 2.75) is 0 Å². The summed E-state index contributed by atoms with van der Waals surface area (Å²) in [6.45, 7) is 0. The lowest BCUT2D eigenvalue weighted by Crippen LogP contribution is -2.13. The Morgan fingerprint density at radius 3 is 1.39 bits per heavy atom. The number of carboxylic acid groups (broad SMARTS) is 1. The van der Waals surface area contributed by atoms with Gasteiger partial charge in [0.2, 0.25) is 23.3 Å². The Morgan fingerprint density at radius 2 is 1.00 bits per heavy atom. The Morgan fingerprint density at radius 1 is 0.574 bits per heavy atom. The molecule has 0 unspecified atom stereocenters. The smallest absolute Gasteiger partial charge is 0.339 e. The van der Waals surface area contributed by atoms with E-state index in [0.29, 0.717) is 65.8 Å². The van der Waals surface area contributed by atoms with Crippen molar-refractivity contribution < 1.29 is 57.4 Å². The third-order valence-electron chi connectivity index (χ3n) is 8.20. The number of ether oxygens (including phenoxy) is 7. The Balaban J connectivity index is 1.48. The number of amides is 2. The van der Waals surface area contributed by atoms with Gasteiger partial charge in [0, 0.05) is 43.5 Å². The van der Waals surface area contributed by atoms with E-state index >= 15 is 0 Å². The van der Waals surface area contributed by atoms with E-state index in [1.165, 1.54) is 97.5 Å². The highest BCUT2D eigenvalue weighted by Crippen LogP contribution is 2.42. The Hall–Kier alpha value is -6.74. The molecule has 1 heterocycles. The molecule has 5 rings (SSSR count). The van der Waals surface area contributed by atoms with Gasteiger partial charge in [0.25, 0.3) is 0 Å². The van der Waals surface area contributed by atoms with Gasteiger partial charge in [-0.25, -0.2) is 9.59 Å². The average Bonchev–Trinajstić information content (AvgIpc) is 3.52. The predicted molar refractivity (Wildman–Crippen MR) is 205 cm³/mol. The second kappa shape index (κ2) is 16.7. The van der Waals surface area contributed by atoms with E-state index in [9.17, 15) is 24.3 Å². The number of carbonyl (C=O) groups excluding carboxylic acids is 3. The van der Waals surface area contributed by atoms with Gasteiger partial charge in [0.05, 0.1) is 72.3 Å². The monoisotopic (exact) mass is 756 g/mol. The summed E-state index contributed by atoms with van der Waals surface area (Å²) < 4.78 is 38.6. The van der Waals surface area contributed by atoms with Crippen molar-refractivity contribution in [3.8, 4) is 34.5 Å². The lowest BCUT2D eigenvalue weighted by Gasteiger charge is -2.14. The average molecular weight is 757 g/mol. The summed E-state index contributed by atoms with van der Waals surface area (Å²) in [6, 6.07) is 12.8. The summed E-state index contributed by atoms with van der Waals surface area (Å²) in [7, 11) is 10.0. The van der Waals surface area contributed by atoms with Crippen LogP contribution in [0.1, 0.15) is 31.8 Å². The summed E-state index contributed by atoms with van der Waals surface area (Å²) in [4.78, 5) is 51.6.